The molecule has 21 heavy (non-hydrogen) atoms. The van der Waals surface area contributed by atoms with Crippen LogP contribution in [0.3, 0.4) is 0 Å². The van der Waals surface area contributed by atoms with Gasteiger partial charge in [0.2, 0.25) is 10.0 Å². The molecule has 1 fully saturated rings. The first-order chi connectivity index (χ1) is 9.92. The minimum absolute atomic E-state index is 0.0300. The van der Waals surface area contributed by atoms with Gasteiger partial charge in [-0.25, -0.2) is 12.7 Å². The summed E-state index contributed by atoms with van der Waals surface area (Å²) in [5, 5.41) is 0. The normalized spacial score (nSPS) is 23.4. The summed E-state index contributed by atoms with van der Waals surface area (Å²) in [5.74, 6) is 0.800. The third kappa shape index (κ3) is 4.20. The molecular formula is C16H26N2O2S. The Kier molecular flexibility index (Phi) is 5.27. The summed E-state index contributed by atoms with van der Waals surface area (Å²) in [6.07, 6.45) is 5.43. The number of nitrogens with two attached hydrogens (primary N) is 1. The zero-order valence-electron chi connectivity index (χ0n) is 13.0. The van der Waals surface area contributed by atoms with Crippen molar-refractivity contribution in [3.63, 3.8) is 0 Å². The average molecular weight is 310 g/mol. The van der Waals surface area contributed by atoms with Crippen LogP contribution in [0.1, 0.15) is 44.6 Å². The average Bonchev–Trinajstić information content (AvgIpc) is 2.46. The maximum absolute atomic E-state index is 12.5. The molecule has 1 saturated carbocycles. The number of nitrogens with zero attached hydrogens (tertiary/aromatic N) is 1. The SMILES string of the molecule is CCC1CCC(N(C)S(=O)(=O)Cc2cccc(N)c2)CC1. The van der Waals surface area contributed by atoms with Crippen molar-refractivity contribution >= 4 is 15.7 Å². The van der Waals surface area contributed by atoms with Crippen LogP contribution in [0, 0.1) is 5.92 Å². The predicted octanol–water partition coefficient (Wildman–Crippen LogP) is 3.00. The fourth-order valence-corrected chi connectivity index (χ4v) is 4.61. The molecule has 0 spiro atoms. The van der Waals surface area contributed by atoms with Crippen LogP contribution >= 0.6 is 0 Å². The lowest BCUT2D eigenvalue weighted by Crippen LogP contribution is -2.40. The molecule has 1 aromatic rings. The van der Waals surface area contributed by atoms with Crippen molar-refractivity contribution in [2.45, 2.75) is 50.8 Å². The van der Waals surface area contributed by atoms with Crippen molar-refractivity contribution in [3.05, 3.63) is 29.8 Å². The number of rotatable bonds is 5. The minimum atomic E-state index is -3.28. The summed E-state index contributed by atoms with van der Waals surface area (Å²) in [4.78, 5) is 0. The molecule has 0 aromatic heterocycles. The molecule has 118 valence electrons. The first-order valence-electron chi connectivity index (χ1n) is 7.72. The van der Waals surface area contributed by atoms with Crippen LogP contribution in [-0.4, -0.2) is 25.8 Å². The Morgan fingerprint density at radius 3 is 2.48 bits per heavy atom. The summed E-state index contributed by atoms with van der Waals surface area (Å²) < 4.78 is 26.7. The molecule has 1 aromatic carbocycles. The predicted molar refractivity (Wildman–Crippen MR) is 87.3 cm³/mol. The van der Waals surface area contributed by atoms with Crippen molar-refractivity contribution in [2.75, 3.05) is 12.8 Å². The Morgan fingerprint density at radius 1 is 1.24 bits per heavy atom. The maximum Gasteiger partial charge on any atom is 0.218 e. The topological polar surface area (TPSA) is 63.4 Å². The van der Waals surface area contributed by atoms with E-state index < -0.39 is 10.0 Å². The monoisotopic (exact) mass is 310 g/mol. The zero-order chi connectivity index (χ0) is 15.5. The van der Waals surface area contributed by atoms with Crippen LogP contribution in [0.4, 0.5) is 5.69 Å². The van der Waals surface area contributed by atoms with Crippen molar-refractivity contribution in [1.29, 1.82) is 0 Å². The Bertz CT molecular complexity index is 563. The van der Waals surface area contributed by atoms with Crippen molar-refractivity contribution in [1.82, 2.24) is 4.31 Å². The van der Waals surface area contributed by atoms with Crippen LogP contribution < -0.4 is 5.73 Å². The smallest absolute Gasteiger partial charge is 0.218 e. The van der Waals surface area contributed by atoms with Crippen LogP contribution in [0.15, 0.2) is 24.3 Å². The molecule has 0 aliphatic heterocycles. The van der Waals surface area contributed by atoms with Gasteiger partial charge in [0.15, 0.2) is 0 Å². The van der Waals surface area contributed by atoms with Gasteiger partial charge in [-0.3, -0.25) is 0 Å². The van der Waals surface area contributed by atoms with E-state index in [1.165, 1.54) is 6.42 Å². The van der Waals surface area contributed by atoms with Gasteiger partial charge in [0.1, 0.15) is 0 Å². The summed E-state index contributed by atoms with van der Waals surface area (Å²) in [5.41, 5.74) is 7.08. The quantitative estimate of drug-likeness (QED) is 0.850. The van der Waals surface area contributed by atoms with Gasteiger partial charge in [0, 0.05) is 18.8 Å². The van der Waals surface area contributed by atoms with Gasteiger partial charge >= 0.3 is 0 Å². The summed E-state index contributed by atoms with van der Waals surface area (Å²) in [6, 6.07) is 7.27. The molecule has 2 N–H and O–H groups in total. The summed E-state index contributed by atoms with van der Waals surface area (Å²) in [6.45, 7) is 2.21. The molecule has 4 nitrogen and oxygen atoms in total. The molecular weight excluding hydrogens is 284 g/mol. The molecule has 0 heterocycles. The fourth-order valence-electron chi connectivity index (χ4n) is 3.14. The second kappa shape index (κ2) is 6.79. The van der Waals surface area contributed by atoms with Crippen LogP contribution in [0.5, 0.6) is 0 Å². The molecule has 0 radical (unpaired) electrons. The molecule has 0 amide bonds. The van der Waals surface area contributed by atoms with E-state index in [1.807, 2.05) is 6.07 Å². The second-order valence-corrected chi connectivity index (χ2v) is 8.13. The van der Waals surface area contributed by atoms with Gasteiger partial charge < -0.3 is 5.73 Å². The molecule has 2 rings (SSSR count). The Labute approximate surface area is 128 Å². The molecule has 5 heteroatoms. The van der Waals surface area contributed by atoms with E-state index in [2.05, 4.69) is 6.92 Å². The Hall–Kier alpha value is -1.07. The van der Waals surface area contributed by atoms with Gasteiger partial charge in [-0.1, -0.05) is 25.5 Å². The summed E-state index contributed by atoms with van der Waals surface area (Å²) >= 11 is 0. The first-order valence-corrected chi connectivity index (χ1v) is 9.33. The Morgan fingerprint density at radius 2 is 1.90 bits per heavy atom. The molecule has 0 bridgehead atoms. The van der Waals surface area contributed by atoms with E-state index in [0.29, 0.717) is 5.69 Å². The van der Waals surface area contributed by atoms with Gasteiger partial charge in [-0.15, -0.1) is 0 Å². The van der Waals surface area contributed by atoms with Crippen LogP contribution in [0.2, 0.25) is 0 Å². The molecule has 0 saturated heterocycles. The van der Waals surface area contributed by atoms with E-state index in [-0.39, 0.29) is 11.8 Å². The highest BCUT2D eigenvalue weighted by Gasteiger charge is 2.29. The van der Waals surface area contributed by atoms with Crippen LogP contribution in [-0.2, 0) is 15.8 Å². The highest BCUT2D eigenvalue weighted by molar-refractivity contribution is 7.88. The molecule has 1 aliphatic carbocycles. The third-order valence-corrected chi connectivity index (χ3v) is 6.52. The molecule has 0 unspecified atom stereocenters. The number of anilines is 1. The highest BCUT2D eigenvalue weighted by Crippen LogP contribution is 2.30. The minimum Gasteiger partial charge on any atom is -0.399 e. The van der Waals surface area contributed by atoms with Gasteiger partial charge in [0.05, 0.1) is 5.75 Å². The lowest BCUT2D eigenvalue weighted by atomic mass is 9.85. The van der Waals surface area contributed by atoms with E-state index in [9.17, 15) is 8.42 Å². The van der Waals surface area contributed by atoms with Crippen molar-refractivity contribution in [2.24, 2.45) is 5.92 Å². The van der Waals surface area contributed by atoms with Crippen LogP contribution in [0.25, 0.3) is 0 Å². The van der Waals surface area contributed by atoms with E-state index in [4.69, 9.17) is 5.73 Å². The van der Waals surface area contributed by atoms with Gasteiger partial charge in [0.25, 0.3) is 0 Å². The summed E-state index contributed by atoms with van der Waals surface area (Å²) in [7, 11) is -1.56. The van der Waals surface area contributed by atoms with E-state index >= 15 is 0 Å². The van der Waals surface area contributed by atoms with Gasteiger partial charge in [-0.2, -0.15) is 0 Å². The lowest BCUT2D eigenvalue weighted by molar-refractivity contribution is 0.233. The number of hydrogen-bond donors (Lipinski definition) is 1. The second-order valence-electron chi connectivity index (χ2n) is 6.10. The number of hydrogen-bond acceptors (Lipinski definition) is 3. The first kappa shape index (κ1) is 16.3. The standard InChI is InChI=1S/C16H26N2O2S/c1-3-13-7-9-16(10-8-13)18(2)21(19,20)12-14-5-4-6-15(17)11-14/h4-6,11,13,16H,3,7-10,12,17H2,1-2H3. The van der Waals surface area contributed by atoms with Crippen molar-refractivity contribution < 1.29 is 8.42 Å². The fraction of sp³-hybridized carbons (Fsp3) is 0.625. The van der Waals surface area contributed by atoms with Crippen molar-refractivity contribution in [3.8, 4) is 0 Å². The number of nitrogen functional groups attached to an aromatic ring is 1. The van der Waals surface area contributed by atoms with E-state index in [0.717, 1.165) is 37.2 Å². The molecule has 1 aliphatic rings. The largest absolute Gasteiger partial charge is 0.399 e. The molecule has 0 atom stereocenters. The number of sulfonamides is 1. The highest BCUT2D eigenvalue weighted by atomic mass is 32.2. The third-order valence-electron chi connectivity index (χ3n) is 4.65. The zero-order valence-corrected chi connectivity index (χ0v) is 13.8. The maximum atomic E-state index is 12.5. The number of benzene rings is 1. The van der Waals surface area contributed by atoms with Gasteiger partial charge in [-0.05, 0) is 49.3 Å². The van der Waals surface area contributed by atoms with E-state index in [1.54, 1.807) is 29.6 Å². The Balaban J connectivity index is 2.02. The lowest BCUT2D eigenvalue weighted by Gasteiger charge is -2.33.